The average Bonchev–Trinajstić information content (AvgIpc) is 3.46. The van der Waals surface area contributed by atoms with Gasteiger partial charge < -0.3 is 14.6 Å². The number of aryl methyl sites for hydroxylation is 2. The molecule has 0 aliphatic rings. The lowest BCUT2D eigenvalue weighted by Crippen LogP contribution is -2.05. The van der Waals surface area contributed by atoms with E-state index in [-0.39, 0.29) is 27.6 Å². The van der Waals surface area contributed by atoms with Crippen LogP contribution in [-0.2, 0) is 0 Å². The van der Waals surface area contributed by atoms with Crippen molar-refractivity contribution in [2.75, 3.05) is 0 Å². The first kappa shape index (κ1) is 22.6. The molecule has 2 N–H and O–H groups in total. The third kappa shape index (κ3) is 3.72. The minimum Gasteiger partial charge on any atom is -0.503 e. The fourth-order valence-electron chi connectivity index (χ4n) is 3.93. The number of non-ortho nitro benzene ring substituents is 1. The van der Waals surface area contributed by atoms with Gasteiger partial charge in [0.2, 0.25) is 11.7 Å². The molecule has 0 bridgehead atoms. The lowest BCUT2D eigenvalue weighted by atomic mass is 9.99. The average molecular weight is 510 g/mol. The molecular weight excluding hydrogens is 494 g/mol. The number of nitro groups is 1. The van der Waals surface area contributed by atoms with Gasteiger partial charge in [-0.3, -0.25) is 19.5 Å². The SMILES string of the molecule is Cc1cc(C(=O)c2c(O)c(O)n(-c3nc4ccc([N+](=O)[O-])cc4s3)c2-c2ccc(Cl)cc2)c(C)o1. The molecule has 0 aliphatic carbocycles. The number of halogens is 1. The molecule has 0 fully saturated rings. The second-order valence-corrected chi connectivity index (χ2v) is 9.25. The summed E-state index contributed by atoms with van der Waals surface area (Å²) in [7, 11) is 0. The van der Waals surface area contributed by atoms with E-state index < -0.39 is 22.3 Å². The number of aromatic hydroxyl groups is 2. The number of aromatic nitrogens is 2. The number of hydrogen-bond acceptors (Lipinski definition) is 8. The Balaban J connectivity index is 1.80. The van der Waals surface area contributed by atoms with E-state index in [0.717, 1.165) is 11.3 Å². The van der Waals surface area contributed by atoms with Crippen molar-refractivity contribution >= 4 is 44.6 Å². The molecule has 0 spiro atoms. The van der Waals surface area contributed by atoms with Crippen molar-refractivity contribution in [1.29, 1.82) is 0 Å². The number of carbonyl (C=O) groups excluding carboxylic acids is 1. The molecule has 3 heterocycles. The molecule has 9 nitrogen and oxygen atoms in total. The third-order valence-corrected chi connectivity index (χ3v) is 6.77. The molecule has 5 rings (SSSR count). The Bertz CT molecular complexity index is 1650. The number of nitro benzene ring substituents is 1. The van der Waals surface area contributed by atoms with Crippen LogP contribution in [0.15, 0.2) is 52.9 Å². The van der Waals surface area contributed by atoms with Gasteiger partial charge in [0.1, 0.15) is 11.5 Å². The summed E-state index contributed by atoms with van der Waals surface area (Å²) in [6.07, 6.45) is 0. The lowest BCUT2D eigenvalue weighted by molar-refractivity contribution is -0.384. The monoisotopic (exact) mass is 509 g/mol. The van der Waals surface area contributed by atoms with Crippen LogP contribution in [-0.4, -0.2) is 30.5 Å². The van der Waals surface area contributed by atoms with E-state index in [1.54, 1.807) is 44.2 Å². The van der Waals surface area contributed by atoms with Crippen molar-refractivity contribution < 1.29 is 24.3 Å². The standard InChI is InChI=1S/C24H16ClN3O6S/c1-11-9-16(12(2)34-11)21(29)19-20(13-3-5-14(25)6-4-13)27(23(31)22(19)30)24-26-17-8-7-15(28(32)33)10-18(17)35-24/h3-10,30-31H,1-2H3. The number of carbonyl (C=O) groups is 1. The van der Waals surface area contributed by atoms with E-state index >= 15 is 0 Å². The summed E-state index contributed by atoms with van der Waals surface area (Å²) in [5, 5.41) is 33.8. The zero-order chi connectivity index (χ0) is 25.0. The Morgan fingerprint density at radius 1 is 1.14 bits per heavy atom. The van der Waals surface area contributed by atoms with Crippen molar-refractivity contribution in [2.24, 2.45) is 0 Å². The van der Waals surface area contributed by atoms with Crippen LogP contribution >= 0.6 is 22.9 Å². The predicted molar refractivity (Wildman–Crippen MR) is 131 cm³/mol. The van der Waals surface area contributed by atoms with Gasteiger partial charge in [-0.1, -0.05) is 35.1 Å². The largest absolute Gasteiger partial charge is 0.503 e. The van der Waals surface area contributed by atoms with Gasteiger partial charge in [0.15, 0.2) is 10.9 Å². The van der Waals surface area contributed by atoms with Crippen LogP contribution < -0.4 is 0 Å². The van der Waals surface area contributed by atoms with Crippen molar-refractivity contribution in [1.82, 2.24) is 9.55 Å². The van der Waals surface area contributed by atoms with Gasteiger partial charge in [-0.2, -0.15) is 0 Å². The summed E-state index contributed by atoms with van der Waals surface area (Å²) in [6, 6.07) is 12.3. The molecule has 2 aromatic carbocycles. The highest BCUT2D eigenvalue weighted by molar-refractivity contribution is 7.20. The van der Waals surface area contributed by atoms with Crippen LogP contribution in [0, 0.1) is 24.0 Å². The van der Waals surface area contributed by atoms with E-state index in [1.165, 1.54) is 22.8 Å². The summed E-state index contributed by atoms with van der Waals surface area (Å²) in [5.74, 6) is -0.871. The Kier molecular flexibility index (Phi) is 5.34. The van der Waals surface area contributed by atoms with Crippen molar-refractivity contribution in [3.63, 3.8) is 0 Å². The minimum atomic E-state index is -0.622. The molecule has 0 amide bonds. The molecule has 5 aromatic rings. The van der Waals surface area contributed by atoms with Gasteiger partial charge in [0, 0.05) is 17.2 Å². The van der Waals surface area contributed by atoms with Crippen LogP contribution in [0.4, 0.5) is 5.69 Å². The maximum Gasteiger partial charge on any atom is 0.270 e. The highest BCUT2D eigenvalue weighted by Crippen LogP contribution is 2.46. The normalized spacial score (nSPS) is 11.3. The number of nitrogens with zero attached hydrogens (tertiary/aromatic N) is 3. The highest BCUT2D eigenvalue weighted by atomic mass is 35.5. The first-order chi connectivity index (χ1) is 16.7. The quantitative estimate of drug-likeness (QED) is 0.164. The van der Waals surface area contributed by atoms with Gasteiger partial charge in [0.25, 0.3) is 5.69 Å². The van der Waals surface area contributed by atoms with Crippen molar-refractivity contribution in [3.05, 3.63) is 86.3 Å². The van der Waals surface area contributed by atoms with E-state index in [0.29, 0.717) is 32.3 Å². The molecule has 176 valence electrons. The highest BCUT2D eigenvalue weighted by Gasteiger charge is 2.32. The fourth-order valence-corrected chi connectivity index (χ4v) is 5.06. The molecular formula is C24H16ClN3O6S. The second-order valence-electron chi connectivity index (χ2n) is 7.80. The number of fused-ring (bicyclic) bond motifs is 1. The molecule has 0 saturated heterocycles. The summed E-state index contributed by atoms with van der Waals surface area (Å²) in [4.78, 5) is 28.8. The number of rotatable bonds is 5. The molecule has 11 heteroatoms. The second kappa shape index (κ2) is 8.26. The predicted octanol–water partition coefficient (Wildman–Crippen LogP) is 6.17. The fraction of sp³-hybridized carbons (Fsp3) is 0.0833. The summed E-state index contributed by atoms with van der Waals surface area (Å²) < 4.78 is 7.25. The number of hydrogen-bond donors (Lipinski definition) is 2. The number of ketones is 1. The van der Waals surface area contributed by atoms with Gasteiger partial charge in [0.05, 0.1) is 32.0 Å². The summed E-state index contributed by atoms with van der Waals surface area (Å²) >= 11 is 7.12. The minimum absolute atomic E-state index is 0.105. The van der Waals surface area contributed by atoms with Gasteiger partial charge >= 0.3 is 0 Å². The number of thiazole rings is 1. The molecule has 0 saturated carbocycles. The van der Waals surface area contributed by atoms with Crippen LogP contribution in [0.5, 0.6) is 11.6 Å². The lowest BCUT2D eigenvalue weighted by Gasteiger charge is -2.09. The van der Waals surface area contributed by atoms with Gasteiger partial charge in [-0.25, -0.2) is 4.98 Å². The molecule has 0 aliphatic heterocycles. The molecule has 0 atom stereocenters. The molecule has 35 heavy (non-hydrogen) atoms. The maximum atomic E-state index is 13.6. The van der Waals surface area contributed by atoms with Gasteiger partial charge in [-0.05, 0) is 43.7 Å². The van der Waals surface area contributed by atoms with Crippen molar-refractivity contribution in [3.8, 4) is 28.0 Å². The van der Waals surface area contributed by atoms with Crippen LogP contribution in [0.25, 0.3) is 26.6 Å². The molecule has 3 aromatic heterocycles. The Hall–Kier alpha value is -4.15. The Morgan fingerprint density at radius 2 is 1.86 bits per heavy atom. The first-order valence-corrected chi connectivity index (χ1v) is 11.4. The molecule has 0 unspecified atom stereocenters. The number of furan rings is 1. The van der Waals surface area contributed by atoms with Crippen LogP contribution in [0.3, 0.4) is 0 Å². The van der Waals surface area contributed by atoms with E-state index in [4.69, 9.17) is 16.0 Å². The van der Waals surface area contributed by atoms with Crippen LogP contribution in [0.1, 0.15) is 27.4 Å². The van der Waals surface area contributed by atoms with E-state index in [1.807, 2.05) is 0 Å². The van der Waals surface area contributed by atoms with Crippen LogP contribution in [0.2, 0.25) is 5.02 Å². The summed E-state index contributed by atoms with van der Waals surface area (Å²) in [6.45, 7) is 3.34. The van der Waals surface area contributed by atoms with Gasteiger partial charge in [-0.15, -0.1) is 0 Å². The molecule has 0 radical (unpaired) electrons. The smallest absolute Gasteiger partial charge is 0.270 e. The maximum absolute atomic E-state index is 13.6. The zero-order valence-electron chi connectivity index (χ0n) is 18.3. The summed E-state index contributed by atoms with van der Waals surface area (Å²) in [5.41, 5.74) is 1.13. The first-order valence-electron chi connectivity index (χ1n) is 10.3. The van der Waals surface area contributed by atoms with Crippen molar-refractivity contribution in [2.45, 2.75) is 13.8 Å². The topological polar surface area (TPSA) is 132 Å². The third-order valence-electron chi connectivity index (χ3n) is 5.51. The Morgan fingerprint density at radius 3 is 2.49 bits per heavy atom. The Labute approximate surface area is 206 Å². The van der Waals surface area contributed by atoms with E-state index in [2.05, 4.69) is 4.98 Å². The number of benzene rings is 2. The van der Waals surface area contributed by atoms with E-state index in [9.17, 15) is 25.1 Å². The zero-order valence-corrected chi connectivity index (χ0v) is 19.8.